The zero-order valence-electron chi connectivity index (χ0n) is 11.5. The van der Waals surface area contributed by atoms with Crippen LogP contribution in [0.4, 0.5) is 0 Å². The van der Waals surface area contributed by atoms with Crippen molar-refractivity contribution in [2.24, 2.45) is 0 Å². The topological polar surface area (TPSA) is 55.9 Å². The highest BCUT2D eigenvalue weighted by atomic mass is 16.3. The minimum atomic E-state index is 0.0629. The molecule has 1 aromatic carbocycles. The van der Waals surface area contributed by atoms with E-state index in [4.69, 9.17) is 0 Å². The molecule has 5 heteroatoms. The number of aliphatic hydroxyl groups is 1. The first-order valence-corrected chi connectivity index (χ1v) is 6.87. The molecule has 0 aliphatic carbocycles. The van der Waals surface area contributed by atoms with Gasteiger partial charge in [-0.2, -0.15) is 5.10 Å². The van der Waals surface area contributed by atoms with Gasteiger partial charge in [-0.25, -0.2) is 9.67 Å². The van der Waals surface area contributed by atoms with E-state index < -0.39 is 0 Å². The minimum absolute atomic E-state index is 0.0629. The van der Waals surface area contributed by atoms with Crippen LogP contribution in [0.1, 0.15) is 24.7 Å². The normalized spacial score (nSPS) is 11.3. The van der Waals surface area contributed by atoms with Crippen LogP contribution < -0.4 is 0 Å². The van der Waals surface area contributed by atoms with Crippen LogP contribution in [-0.4, -0.2) is 24.4 Å². The Labute approximate surface area is 117 Å². The number of benzene rings is 1. The maximum Gasteiger partial charge on any atom is 0.146 e. The summed E-state index contributed by atoms with van der Waals surface area (Å²) in [6, 6.07) is 8.03. The van der Waals surface area contributed by atoms with Gasteiger partial charge in [-0.05, 0) is 24.1 Å². The summed E-state index contributed by atoms with van der Waals surface area (Å²) in [6.07, 6.45) is 4.68. The summed E-state index contributed by atoms with van der Waals surface area (Å²) in [5.74, 6) is 0.957. The second kappa shape index (κ2) is 5.46. The van der Waals surface area contributed by atoms with Crippen LogP contribution in [0, 0.1) is 0 Å². The molecule has 0 unspecified atom stereocenters. The van der Waals surface area contributed by atoms with Crippen molar-refractivity contribution in [2.75, 3.05) is 0 Å². The van der Waals surface area contributed by atoms with Crippen LogP contribution in [0.25, 0.3) is 10.9 Å². The molecule has 0 spiro atoms. The Morgan fingerprint density at radius 2 is 2.15 bits per heavy atom. The average molecular weight is 270 g/mol. The van der Waals surface area contributed by atoms with E-state index in [1.54, 1.807) is 6.33 Å². The number of fused-ring (bicyclic) bond motifs is 1. The van der Waals surface area contributed by atoms with Crippen LogP contribution >= 0.6 is 0 Å². The molecule has 2 aromatic heterocycles. The average Bonchev–Trinajstić information content (AvgIpc) is 3.07. The van der Waals surface area contributed by atoms with E-state index in [1.807, 2.05) is 29.1 Å². The van der Waals surface area contributed by atoms with Crippen LogP contribution in [0.5, 0.6) is 0 Å². The van der Waals surface area contributed by atoms with E-state index in [9.17, 15) is 5.11 Å². The summed E-state index contributed by atoms with van der Waals surface area (Å²) in [4.78, 5) is 4.34. The summed E-state index contributed by atoms with van der Waals surface area (Å²) < 4.78 is 4.09. The standard InChI is InChI=1S/C15H18N4O/c1-2-7-19-15(16-11-17-19)9-18-8-6-13-12(10-20)4-3-5-14(13)18/h3-6,8,11,20H,2,7,9-10H2,1H3. The molecule has 1 N–H and O–H groups in total. The lowest BCUT2D eigenvalue weighted by Crippen LogP contribution is -2.09. The van der Waals surface area contributed by atoms with Crippen molar-refractivity contribution in [3.8, 4) is 0 Å². The molecule has 104 valence electrons. The monoisotopic (exact) mass is 270 g/mol. The van der Waals surface area contributed by atoms with Crippen molar-refractivity contribution >= 4 is 10.9 Å². The molecule has 0 aliphatic rings. The number of hydrogen-bond donors (Lipinski definition) is 1. The van der Waals surface area contributed by atoms with Crippen LogP contribution in [0.2, 0.25) is 0 Å². The molecule has 20 heavy (non-hydrogen) atoms. The first kappa shape index (κ1) is 12.9. The third kappa shape index (κ3) is 2.20. The van der Waals surface area contributed by atoms with Crippen molar-refractivity contribution in [2.45, 2.75) is 33.0 Å². The molecule has 0 radical (unpaired) electrons. The summed E-state index contributed by atoms with van der Waals surface area (Å²) >= 11 is 0. The molecular formula is C15H18N4O. The number of aromatic nitrogens is 4. The molecule has 0 fully saturated rings. The molecule has 3 rings (SSSR count). The first-order chi connectivity index (χ1) is 9.83. The van der Waals surface area contributed by atoms with E-state index in [2.05, 4.69) is 27.6 Å². The highest BCUT2D eigenvalue weighted by molar-refractivity contribution is 5.83. The van der Waals surface area contributed by atoms with Gasteiger partial charge in [0.1, 0.15) is 12.2 Å². The smallest absolute Gasteiger partial charge is 0.146 e. The molecule has 0 aliphatic heterocycles. The fourth-order valence-electron chi connectivity index (χ4n) is 2.52. The Bertz CT molecular complexity index is 714. The largest absolute Gasteiger partial charge is 0.392 e. The van der Waals surface area contributed by atoms with Crippen molar-refractivity contribution in [1.82, 2.24) is 19.3 Å². The number of rotatable bonds is 5. The molecular weight excluding hydrogens is 252 g/mol. The van der Waals surface area contributed by atoms with Gasteiger partial charge in [0, 0.05) is 23.6 Å². The highest BCUT2D eigenvalue weighted by Gasteiger charge is 2.08. The Hall–Kier alpha value is -2.14. The van der Waals surface area contributed by atoms with Crippen LogP contribution in [0.15, 0.2) is 36.8 Å². The van der Waals surface area contributed by atoms with Gasteiger partial charge in [0.2, 0.25) is 0 Å². The van der Waals surface area contributed by atoms with Crippen molar-refractivity contribution in [3.63, 3.8) is 0 Å². The Morgan fingerprint density at radius 3 is 2.95 bits per heavy atom. The molecule has 0 saturated carbocycles. The van der Waals surface area contributed by atoms with Gasteiger partial charge in [0.15, 0.2) is 0 Å². The lowest BCUT2D eigenvalue weighted by Gasteiger charge is -2.07. The maximum absolute atomic E-state index is 9.38. The summed E-state index contributed by atoms with van der Waals surface area (Å²) in [5.41, 5.74) is 2.07. The molecule has 0 saturated heterocycles. The lowest BCUT2D eigenvalue weighted by atomic mass is 10.1. The Morgan fingerprint density at radius 1 is 1.25 bits per heavy atom. The van der Waals surface area contributed by atoms with E-state index in [0.29, 0.717) is 6.54 Å². The summed E-state index contributed by atoms with van der Waals surface area (Å²) in [5, 5.41) is 14.7. The maximum atomic E-state index is 9.38. The molecule has 5 nitrogen and oxygen atoms in total. The molecule has 0 atom stereocenters. The zero-order valence-corrected chi connectivity index (χ0v) is 11.5. The fraction of sp³-hybridized carbons (Fsp3) is 0.333. The van der Waals surface area contributed by atoms with Crippen LogP contribution in [-0.2, 0) is 19.7 Å². The predicted octanol–water partition coefficient (Wildman–Crippen LogP) is 2.18. The summed E-state index contributed by atoms with van der Waals surface area (Å²) in [6.45, 7) is 3.77. The van der Waals surface area contributed by atoms with Gasteiger partial charge in [-0.1, -0.05) is 19.1 Å². The van der Waals surface area contributed by atoms with E-state index in [0.717, 1.165) is 35.3 Å². The quantitative estimate of drug-likeness (QED) is 0.773. The minimum Gasteiger partial charge on any atom is -0.392 e. The van der Waals surface area contributed by atoms with Crippen LogP contribution in [0.3, 0.4) is 0 Å². The number of aryl methyl sites for hydroxylation is 1. The van der Waals surface area contributed by atoms with E-state index in [-0.39, 0.29) is 6.61 Å². The van der Waals surface area contributed by atoms with Gasteiger partial charge in [0.05, 0.1) is 13.2 Å². The van der Waals surface area contributed by atoms with Crippen molar-refractivity contribution < 1.29 is 5.11 Å². The molecule has 0 bridgehead atoms. The Balaban J connectivity index is 1.97. The third-order valence-corrected chi connectivity index (χ3v) is 3.52. The lowest BCUT2D eigenvalue weighted by molar-refractivity contribution is 0.283. The van der Waals surface area contributed by atoms with Gasteiger partial charge in [-0.3, -0.25) is 0 Å². The van der Waals surface area contributed by atoms with Crippen molar-refractivity contribution in [1.29, 1.82) is 0 Å². The van der Waals surface area contributed by atoms with E-state index >= 15 is 0 Å². The molecule has 3 aromatic rings. The number of nitrogens with zero attached hydrogens (tertiary/aromatic N) is 4. The molecule has 2 heterocycles. The van der Waals surface area contributed by atoms with Gasteiger partial charge in [0.25, 0.3) is 0 Å². The van der Waals surface area contributed by atoms with Gasteiger partial charge >= 0.3 is 0 Å². The van der Waals surface area contributed by atoms with Gasteiger partial charge in [-0.15, -0.1) is 0 Å². The second-order valence-corrected chi connectivity index (χ2v) is 4.85. The fourth-order valence-corrected chi connectivity index (χ4v) is 2.52. The highest BCUT2D eigenvalue weighted by Crippen LogP contribution is 2.21. The van der Waals surface area contributed by atoms with Crippen molar-refractivity contribution in [3.05, 3.63) is 48.2 Å². The Kier molecular flexibility index (Phi) is 3.52. The summed E-state index contributed by atoms with van der Waals surface area (Å²) in [7, 11) is 0. The van der Waals surface area contributed by atoms with E-state index in [1.165, 1.54) is 0 Å². The molecule has 0 amide bonds. The number of aliphatic hydroxyl groups excluding tert-OH is 1. The number of hydrogen-bond acceptors (Lipinski definition) is 3. The predicted molar refractivity (Wildman–Crippen MR) is 77.3 cm³/mol. The third-order valence-electron chi connectivity index (χ3n) is 3.52. The zero-order chi connectivity index (χ0) is 13.9. The SMILES string of the molecule is CCCn1ncnc1Cn1ccc2c(CO)cccc21. The first-order valence-electron chi connectivity index (χ1n) is 6.87. The van der Waals surface area contributed by atoms with Gasteiger partial charge < -0.3 is 9.67 Å². The second-order valence-electron chi connectivity index (χ2n) is 4.85.